The minimum Gasteiger partial charge on any atom is -0.478 e. The number of H-pyrrole nitrogens is 1. The van der Waals surface area contributed by atoms with Gasteiger partial charge < -0.3 is 15.4 Å². The third-order valence-corrected chi connectivity index (χ3v) is 1.46. The highest BCUT2D eigenvalue weighted by Crippen LogP contribution is 2.02. The Balaban J connectivity index is 3.11. The molecule has 5 nitrogen and oxygen atoms in total. The number of nitrogens with one attached hydrogen (secondary N) is 2. The van der Waals surface area contributed by atoms with Crippen molar-refractivity contribution < 1.29 is 9.90 Å². The van der Waals surface area contributed by atoms with Crippen LogP contribution in [0.15, 0.2) is 16.9 Å². The van der Waals surface area contributed by atoms with E-state index in [1.54, 1.807) is 0 Å². The predicted octanol–water partition coefficient (Wildman–Crippen LogP) is 0.505. The maximum Gasteiger partial charge on any atom is 0.336 e. The van der Waals surface area contributed by atoms with Crippen molar-refractivity contribution in [1.82, 2.24) is 4.98 Å². The summed E-state index contributed by atoms with van der Waals surface area (Å²) in [6.45, 7) is 2.48. The predicted molar refractivity (Wildman–Crippen MR) is 48.2 cm³/mol. The largest absolute Gasteiger partial charge is 0.478 e. The first kappa shape index (κ1) is 9.31. The van der Waals surface area contributed by atoms with Crippen molar-refractivity contribution in [2.24, 2.45) is 0 Å². The van der Waals surface area contributed by atoms with Crippen LogP contribution in [0.3, 0.4) is 0 Å². The molecule has 0 saturated carbocycles. The van der Waals surface area contributed by atoms with Crippen molar-refractivity contribution >= 4 is 11.8 Å². The van der Waals surface area contributed by atoms with Crippen molar-refractivity contribution in [1.29, 1.82) is 0 Å². The zero-order valence-electron chi connectivity index (χ0n) is 7.13. The van der Waals surface area contributed by atoms with E-state index < -0.39 is 11.5 Å². The highest BCUT2D eigenvalue weighted by Gasteiger charge is 2.04. The molecule has 0 aliphatic rings. The van der Waals surface area contributed by atoms with Gasteiger partial charge in [-0.2, -0.15) is 0 Å². The summed E-state index contributed by atoms with van der Waals surface area (Å²) in [5.74, 6) is -0.683. The lowest BCUT2D eigenvalue weighted by atomic mass is 10.2. The zero-order chi connectivity index (χ0) is 9.84. The van der Waals surface area contributed by atoms with Crippen LogP contribution in [-0.4, -0.2) is 22.6 Å². The molecule has 1 aromatic heterocycles. The van der Waals surface area contributed by atoms with Crippen molar-refractivity contribution in [3.63, 3.8) is 0 Å². The molecule has 0 unspecified atom stereocenters. The number of hydrogen-bond acceptors (Lipinski definition) is 3. The van der Waals surface area contributed by atoms with Gasteiger partial charge in [0.1, 0.15) is 5.82 Å². The Kier molecular flexibility index (Phi) is 2.69. The maximum absolute atomic E-state index is 10.9. The summed E-state index contributed by atoms with van der Waals surface area (Å²) in [4.78, 5) is 23.9. The van der Waals surface area contributed by atoms with Gasteiger partial charge in [0.2, 0.25) is 5.56 Å². The van der Waals surface area contributed by atoms with Gasteiger partial charge in [0, 0.05) is 12.6 Å². The SMILES string of the molecule is CCNc1cc(C(=O)O)cc(=O)[nH]1. The second-order valence-electron chi connectivity index (χ2n) is 2.48. The van der Waals surface area contributed by atoms with Gasteiger partial charge >= 0.3 is 5.97 Å². The molecule has 1 rings (SSSR count). The van der Waals surface area contributed by atoms with Crippen LogP contribution in [0, 0.1) is 0 Å². The normalized spacial score (nSPS) is 9.62. The number of carboxylic acid groups (broad SMARTS) is 1. The number of pyridine rings is 1. The van der Waals surface area contributed by atoms with Crippen LogP contribution in [0.5, 0.6) is 0 Å². The Labute approximate surface area is 74.4 Å². The number of carboxylic acids is 1. The van der Waals surface area contributed by atoms with Crippen LogP contribution in [0.1, 0.15) is 17.3 Å². The fraction of sp³-hybridized carbons (Fsp3) is 0.250. The van der Waals surface area contributed by atoms with Crippen molar-refractivity contribution in [2.45, 2.75) is 6.92 Å². The molecule has 0 spiro atoms. The van der Waals surface area contributed by atoms with E-state index in [1.807, 2.05) is 6.92 Å². The molecule has 13 heavy (non-hydrogen) atoms. The number of anilines is 1. The Bertz CT molecular complexity index is 370. The number of rotatable bonds is 3. The molecule has 3 N–H and O–H groups in total. The molecule has 0 bridgehead atoms. The third kappa shape index (κ3) is 2.33. The van der Waals surface area contributed by atoms with Crippen LogP contribution in [0.4, 0.5) is 5.82 Å². The molecule has 0 amide bonds. The van der Waals surface area contributed by atoms with E-state index in [4.69, 9.17) is 5.11 Å². The van der Waals surface area contributed by atoms with Gasteiger partial charge in [-0.15, -0.1) is 0 Å². The van der Waals surface area contributed by atoms with E-state index in [0.717, 1.165) is 6.07 Å². The molecule has 0 saturated heterocycles. The van der Waals surface area contributed by atoms with E-state index in [9.17, 15) is 9.59 Å². The topological polar surface area (TPSA) is 82.2 Å². The minimum absolute atomic E-state index is 0.0142. The molecule has 0 aromatic carbocycles. The molecule has 5 heteroatoms. The van der Waals surface area contributed by atoms with Crippen LogP contribution < -0.4 is 10.9 Å². The summed E-state index contributed by atoms with van der Waals surface area (Å²) in [6, 6.07) is 2.43. The van der Waals surface area contributed by atoms with Gasteiger partial charge in [-0.25, -0.2) is 4.79 Å². The molecule has 70 valence electrons. The van der Waals surface area contributed by atoms with Crippen LogP contribution in [-0.2, 0) is 0 Å². The monoisotopic (exact) mass is 182 g/mol. The number of carbonyl (C=O) groups is 1. The van der Waals surface area contributed by atoms with E-state index in [2.05, 4.69) is 10.3 Å². The highest BCUT2D eigenvalue weighted by atomic mass is 16.4. The van der Waals surface area contributed by atoms with E-state index in [0.29, 0.717) is 12.4 Å². The zero-order valence-corrected chi connectivity index (χ0v) is 7.13. The first-order chi connectivity index (χ1) is 6.13. The Morgan fingerprint density at radius 3 is 2.85 bits per heavy atom. The lowest BCUT2D eigenvalue weighted by Gasteiger charge is -2.02. The van der Waals surface area contributed by atoms with Crippen molar-refractivity contribution in [2.75, 3.05) is 11.9 Å². The average Bonchev–Trinajstić information content (AvgIpc) is 2.03. The van der Waals surface area contributed by atoms with Crippen LogP contribution in [0.25, 0.3) is 0 Å². The fourth-order valence-electron chi connectivity index (χ4n) is 0.952. The number of aromatic amines is 1. The smallest absolute Gasteiger partial charge is 0.336 e. The highest BCUT2D eigenvalue weighted by molar-refractivity contribution is 5.88. The molecule has 1 aromatic rings. The Hall–Kier alpha value is -1.78. The Morgan fingerprint density at radius 1 is 1.62 bits per heavy atom. The quantitative estimate of drug-likeness (QED) is 0.635. The summed E-state index contributed by atoms with van der Waals surface area (Å²) in [5.41, 5.74) is -0.435. The van der Waals surface area contributed by atoms with Crippen LogP contribution in [0.2, 0.25) is 0 Å². The van der Waals surface area contributed by atoms with E-state index in [1.165, 1.54) is 6.07 Å². The maximum atomic E-state index is 10.9. The van der Waals surface area contributed by atoms with Gasteiger partial charge in [-0.1, -0.05) is 0 Å². The van der Waals surface area contributed by atoms with Gasteiger partial charge in [0.25, 0.3) is 0 Å². The molecule has 0 aliphatic heterocycles. The van der Waals surface area contributed by atoms with Gasteiger partial charge in [-0.3, -0.25) is 4.79 Å². The summed E-state index contributed by atoms with van der Waals surface area (Å²) in [7, 11) is 0. The van der Waals surface area contributed by atoms with Crippen molar-refractivity contribution in [3.05, 3.63) is 28.0 Å². The number of hydrogen-bond donors (Lipinski definition) is 3. The number of aromatic nitrogens is 1. The minimum atomic E-state index is -1.11. The van der Waals surface area contributed by atoms with E-state index >= 15 is 0 Å². The molecule has 0 atom stereocenters. The second-order valence-corrected chi connectivity index (χ2v) is 2.48. The first-order valence-corrected chi connectivity index (χ1v) is 3.85. The molecular weight excluding hydrogens is 172 g/mol. The van der Waals surface area contributed by atoms with Gasteiger partial charge in [-0.05, 0) is 13.0 Å². The second kappa shape index (κ2) is 3.75. The summed E-state index contributed by atoms with van der Waals surface area (Å²) < 4.78 is 0. The van der Waals surface area contributed by atoms with Crippen molar-refractivity contribution in [3.8, 4) is 0 Å². The summed E-state index contributed by atoms with van der Waals surface area (Å²) in [5, 5.41) is 11.4. The standard InChI is InChI=1S/C8H10N2O3/c1-2-9-6-3-5(8(12)13)4-7(11)10-6/h3-4H,2H2,1H3,(H,12,13)(H2,9,10,11). The van der Waals surface area contributed by atoms with Crippen LogP contribution >= 0.6 is 0 Å². The van der Waals surface area contributed by atoms with Gasteiger partial charge in [0.15, 0.2) is 0 Å². The average molecular weight is 182 g/mol. The molecule has 0 fully saturated rings. The lowest BCUT2D eigenvalue weighted by molar-refractivity contribution is 0.0696. The molecule has 1 heterocycles. The third-order valence-electron chi connectivity index (χ3n) is 1.46. The first-order valence-electron chi connectivity index (χ1n) is 3.85. The summed E-state index contributed by atoms with van der Waals surface area (Å²) in [6.07, 6.45) is 0. The molecule has 0 aliphatic carbocycles. The van der Waals surface area contributed by atoms with Gasteiger partial charge in [0.05, 0.1) is 5.56 Å². The Morgan fingerprint density at radius 2 is 2.31 bits per heavy atom. The molecule has 0 radical (unpaired) electrons. The van der Waals surface area contributed by atoms with E-state index in [-0.39, 0.29) is 5.56 Å². The lowest BCUT2D eigenvalue weighted by Crippen LogP contribution is -2.12. The summed E-state index contributed by atoms with van der Waals surface area (Å²) >= 11 is 0. The number of aromatic carboxylic acids is 1. The molecular formula is C8H10N2O3. The fourth-order valence-corrected chi connectivity index (χ4v) is 0.952.